The maximum absolute atomic E-state index is 5.71. The largest absolute Gasteiger partial charge is 0.334 e. The van der Waals surface area contributed by atoms with Crippen molar-refractivity contribution < 1.29 is 0 Å². The Kier molecular flexibility index (Phi) is 2.65. The highest BCUT2D eigenvalue weighted by Crippen LogP contribution is 2.06. The first kappa shape index (κ1) is 8.27. The van der Waals surface area contributed by atoms with E-state index in [0.717, 1.165) is 18.8 Å². The highest BCUT2D eigenvalue weighted by molar-refractivity contribution is 4.96. The topological polar surface area (TPSA) is 43.8 Å². The predicted octanol–water partition coefficient (Wildman–Crippen LogP) is 1.31. The molecule has 0 aliphatic heterocycles. The van der Waals surface area contributed by atoms with Crippen LogP contribution in [0.2, 0.25) is 0 Å². The number of hydrogen-bond donors (Lipinski definition) is 1. The molecule has 0 saturated carbocycles. The van der Waals surface area contributed by atoms with Gasteiger partial charge in [0.2, 0.25) is 0 Å². The van der Waals surface area contributed by atoms with E-state index >= 15 is 0 Å². The fourth-order valence-corrected chi connectivity index (χ4v) is 1.15. The number of nitrogens with zero attached hydrogens (tertiary/aromatic N) is 2. The standard InChI is InChI=1S/C8H15N3/c1-3-5-11-6-4-10-8(11)7(2)9/h4,6-7H,3,5,9H2,1-2H3. The summed E-state index contributed by atoms with van der Waals surface area (Å²) in [4.78, 5) is 4.17. The highest BCUT2D eigenvalue weighted by atomic mass is 15.1. The van der Waals surface area contributed by atoms with E-state index in [-0.39, 0.29) is 6.04 Å². The van der Waals surface area contributed by atoms with Crippen LogP contribution in [0.15, 0.2) is 12.4 Å². The molecule has 2 N–H and O–H groups in total. The van der Waals surface area contributed by atoms with Gasteiger partial charge in [0.15, 0.2) is 0 Å². The van der Waals surface area contributed by atoms with Crippen molar-refractivity contribution in [1.29, 1.82) is 0 Å². The average molecular weight is 153 g/mol. The molecule has 3 heteroatoms. The smallest absolute Gasteiger partial charge is 0.125 e. The van der Waals surface area contributed by atoms with E-state index in [1.54, 1.807) is 6.20 Å². The van der Waals surface area contributed by atoms with Gasteiger partial charge >= 0.3 is 0 Å². The molecule has 1 aromatic heterocycles. The predicted molar refractivity (Wildman–Crippen MR) is 45.1 cm³/mol. The van der Waals surface area contributed by atoms with Crippen LogP contribution in [-0.2, 0) is 6.54 Å². The highest BCUT2D eigenvalue weighted by Gasteiger charge is 2.05. The Balaban J connectivity index is 2.78. The summed E-state index contributed by atoms with van der Waals surface area (Å²) < 4.78 is 2.10. The number of aryl methyl sites for hydroxylation is 1. The summed E-state index contributed by atoms with van der Waals surface area (Å²) in [6.45, 7) is 5.11. The Morgan fingerprint density at radius 2 is 2.45 bits per heavy atom. The summed E-state index contributed by atoms with van der Waals surface area (Å²) in [6, 6.07) is 0.0385. The number of aromatic nitrogens is 2. The summed E-state index contributed by atoms with van der Waals surface area (Å²) >= 11 is 0. The SMILES string of the molecule is CCCn1ccnc1C(C)N. The number of rotatable bonds is 3. The first-order valence-electron chi connectivity index (χ1n) is 4.02. The molecule has 1 rings (SSSR count). The van der Waals surface area contributed by atoms with Crippen molar-refractivity contribution in [1.82, 2.24) is 9.55 Å². The summed E-state index contributed by atoms with van der Waals surface area (Å²) in [6.07, 6.45) is 4.90. The molecule has 1 heterocycles. The molecule has 0 spiro atoms. The van der Waals surface area contributed by atoms with E-state index in [2.05, 4.69) is 16.5 Å². The number of nitrogens with two attached hydrogens (primary N) is 1. The lowest BCUT2D eigenvalue weighted by Gasteiger charge is -2.07. The van der Waals surface area contributed by atoms with Crippen LogP contribution in [-0.4, -0.2) is 9.55 Å². The lowest BCUT2D eigenvalue weighted by Crippen LogP contribution is -2.13. The zero-order chi connectivity index (χ0) is 8.27. The second kappa shape index (κ2) is 3.53. The van der Waals surface area contributed by atoms with Gasteiger partial charge in [0.25, 0.3) is 0 Å². The minimum atomic E-state index is 0.0385. The molecule has 62 valence electrons. The molecular weight excluding hydrogens is 138 g/mol. The van der Waals surface area contributed by atoms with Crippen molar-refractivity contribution in [2.24, 2.45) is 5.73 Å². The van der Waals surface area contributed by atoms with Crippen molar-refractivity contribution in [2.45, 2.75) is 32.9 Å². The minimum absolute atomic E-state index is 0.0385. The third-order valence-electron chi connectivity index (χ3n) is 1.62. The first-order chi connectivity index (χ1) is 5.25. The van der Waals surface area contributed by atoms with Crippen LogP contribution >= 0.6 is 0 Å². The number of hydrogen-bond acceptors (Lipinski definition) is 2. The fraction of sp³-hybridized carbons (Fsp3) is 0.625. The molecule has 0 aliphatic carbocycles. The molecule has 1 aromatic rings. The van der Waals surface area contributed by atoms with E-state index in [1.807, 2.05) is 13.1 Å². The first-order valence-corrected chi connectivity index (χ1v) is 4.02. The van der Waals surface area contributed by atoms with Gasteiger partial charge in [-0.2, -0.15) is 0 Å². The zero-order valence-electron chi connectivity index (χ0n) is 7.12. The van der Waals surface area contributed by atoms with Crippen LogP contribution in [0.5, 0.6) is 0 Å². The zero-order valence-corrected chi connectivity index (χ0v) is 7.12. The molecule has 0 fully saturated rings. The van der Waals surface area contributed by atoms with Crippen LogP contribution in [0.25, 0.3) is 0 Å². The van der Waals surface area contributed by atoms with Crippen LogP contribution in [0.3, 0.4) is 0 Å². The van der Waals surface area contributed by atoms with Gasteiger partial charge in [0.05, 0.1) is 6.04 Å². The average Bonchev–Trinajstić information content (AvgIpc) is 2.36. The third kappa shape index (κ3) is 1.80. The summed E-state index contributed by atoms with van der Waals surface area (Å²) in [5.74, 6) is 0.979. The van der Waals surface area contributed by atoms with Gasteiger partial charge in [-0.15, -0.1) is 0 Å². The van der Waals surface area contributed by atoms with Gasteiger partial charge in [-0.3, -0.25) is 0 Å². The Morgan fingerprint density at radius 1 is 1.73 bits per heavy atom. The van der Waals surface area contributed by atoms with Gasteiger partial charge in [0, 0.05) is 18.9 Å². The van der Waals surface area contributed by atoms with E-state index in [1.165, 1.54) is 0 Å². The van der Waals surface area contributed by atoms with E-state index in [9.17, 15) is 0 Å². The van der Waals surface area contributed by atoms with Crippen LogP contribution < -0.4 is 5.73 Å². The minimum Gasteiger partial charge on any atom is -0.334 e. The van der Waals surface area contributed by atoms with Gasteiger partial charge in [0.1, 0.15) is 5.82 Å². The van der Waals surface area contributed by atoms with Gasteiger partial charge < -0.3 is 10.3 Å². The number of imidazole rings is 1. The van der Waals surface area contributed by atoms with Crippen molar-refractivity contribution in [3.8, 4) is 0 Å². The molecule has 11 heavy (non-hydrogen) atoms. The maximum Gasteiger partial charge on any atom is 0.125 e. The van der Waals surface area contributed by atoms with Gasteiger partial charge in [-0.1, -0.05) is 6.92 Å². The Bertz CT molecular complexity index is 215. The van der Waals surface area contributed by atoms with Crippen molar-refractivity contribution in [2.75, 3.05) is 0 Å². The van der Waals surface area contributed by atoms with Crippen molar-refractivity contribution in [3.63, 3.8) is 0 Å². The fourth-order valence-electron chi connectivity index (χ4n) is 1.15. The quantitative estimate of drug-likeness (QED) is 0.711. The van der Waals surface area contributed by atoms with Gasteiger partial charge in [-0.05, 0) is 13.3 Å². The Labute approximate surface area is 67.2 Å². The molecule has 0 saturated heterocycles. The lowest BCUT2D eigenvalue weighted by atomic mass is 10.3. The van der Waals surface area contributed by atoms with E-state index < -0.39 is 0 Å². The molecule has 0 amide bonds. The summed E-state index contributed by atoms with van der Waals surface area (Å²) in [5, 5.41) is 0. The second-order valence-electron chi connectivity index (χ2n) is 2.77. The summed E-state index contributed by atoms with van der Waals surface area (Å²) in [7, 11) is 0. The molecular formula is C8H15N3. The van der Waals surface area contributed by atoms with Gasteiger partial charge in [-0.25, -0.2) is 4.98 Å². The molecule has 0 radical (unpaired) electrons. The van der Waals surface area contributed by atoms with Crippen LogP contribution in [0, 0.1) is 0 Å². The second-order valence-corrected chi connectivity index (χ2v) is 2.77. The van der Waals surface area contributed by atoms with Crippen molar-refractivity contribution >= 4 is 0 Å². The molecule has 1 unspecified atom stereocenters. The van der Waals surface area contributed by atoms with E-state index in [0.29, 0.717) is 0 Å². The molecule has 0 aromatic carbocycles. The monoisotopic (exact) mass is 153 g/mol. The Morgan fingerprint density at radius 3 is 3.00 bits per heavy atom. The molecule has 1 atom stereocenters. The maximum atomic E-state index is 5.71. The third-order valence-corrected chi connectivity index (χ3v) is 1.62. The molecule has 0 bridgehead atoms. The normalized spacial score (nSPS) is 13.4. The lowest BCUT2D eigenvalue weighted by molar-refractivity contribution is 0.600. The van der Waals surface area contributed by atoms with Crippen molar-refractivity contribution in [3.05, 3.63) is 18.2 Å². The summed E-state index contributed by atoms with van der Waals surface area (Å²) in [5.41, 5.74) is 5.71. The van der Waals surface area contributed by atoms with E-state index in [4.69, 9.17) is 5.73 Å². The van der Waals surface area contributed by atoms with Crippen LogP contribution in [0.4, 0.5) is 0 Å². The Hall–Kier alpha value is -0.830. The molecule has 0 aliphatic rings. The molecule has 3 nitrogen and oxygen atoms in total. The van der Waals surface area contributed by atoms with Crippen LogP contribution in [0.1, 0.15) is 32.1 Å².